The standard InChI is InChI=1S/C7H10O/c1-2-3-6-4-7(8)5-6/h4H,2-3,5H2,1H3. The maximum atomic E-state index is 10.3. The molecule has 0 saturated heterocycles. The molecule has 1 aliphatic carbocycles. The molecule has 0 spiro atoms. The number of carbonyl (C=O) groups excluding carboxylic acids is 1. The van der Waals surface area contributed by atoms with Gasteiger partial charge in [0.25, 0.3) is 0 Å². The van der Waals surface area contributed by atoms with Crippen LogP contribution in [0.15, 0.2) is 11.6 Å². The van der Waals surface area contributed by atoms with Crippen molar-refractivity contribution >= 4 is 5.78 Å². The Morgan fingerprint density at radius 2 is 2.38 bits per heavy atom. The van der Waals surface area contributed by atoms with E-state index in [0.29, 0.717) is 5.78 Å². The van der Waals surface area contributed by atoms with Gasteiger partial charge >= 0.3 is 0 Å². The normalized spacial score (nSPS) is 17.6. The number of hydrogen-bond donors (Lipinski definition) is 0. The Morgan fingerprint density at radius 3 is 2.75 bits per heavy atom. The summed E-state index contributed by atoms with van der Waals surface area (Å²) in [6, 6.07) is 0. The molecular weight excluding hydrogens is 100 g/mol. The van der Waals surface area contributed by atoms with Crippen molar-refractivity contribution in [2.24, 2.45) is 0 Å². The Bertz CT molecular complexity index is 133. The van der Waals surface area contributed by atoms with E-state index >= 15 is 0 Å². The Labute approximate surface area is 49.4 Å². The van der Waals surface area contributed by atoms with E-state index in [1.807, 2.05) is 0 Å². The van der Waals surface area contributed by atoms with Crippen molar-refractivity contribution in [3.63, 3.8) is 0 Å². The van der Waals surface area contributed by atoms with E-state index in [2.05, 4.69) is 6.92 Å². The van der Waals surface area contributed by atoms with Gasteiger partial charge < -0.3 is 0 Å². The zero-order chi connectivity index (χ0) is 5.98. The van der Waals surface area contributed by atoms with E-state index in [1.165, 1.54) is 12.0 Å². The van der Waals surface area contributed by atoms with Crippen LogP contribution in [-0.2, 0) is 4.79 Å². The summed E-state index contributed by atoms with van der Waals surface area (Å²) in [4.78, 5) is 10.3. The monoisotopic (exact) mass is 110 g/mol. The van der Waals surface area contributed by atoms with Crippen molar-refractivity contribution < 1.29 is 4.79 Å². The lowest BCUT2D eigenvalue weighted by Crippen LogP contribution is -2.07. The Balaban J connectivity index is 2.31. The van der Waals surface area contributed by atoms with Crippen molar-refractivity contribution in [1.82, 2.24) is 0 Å². The number of rotatable bonds is 2. The molecule has 1 aliphatic rings. The highest BCUT2D eigenvalue weighted by Gasteiger charge is 2.12. The van der Waals surface area contributed by atoms with Crippen LogP contribution < -0.4 is 0 Å². The lowest BCUT2D eigenvalue weighted by molar-refractivity contribution is -0.115. The van der Waals surface area contributed by atoms with Crippen molar-refractivity contribution in [1.29, 1.82) is 0 Å². The molecule has 0 amide bonds. The fourth-order valence-electron chi connectivity index (χ4n) is 0.904. The molecule has 0 unspecified atom stereocenters. The molecule has 0 heterocycles. The van der Waals surface area contributed by atoms with Crippen LogP contribution in [0.5, 0.6) is 0 Å². The van der Waals surface area contributed by atoms with E-state index < -0.39 is 0 Å². The first kappa shape index (κ1) is 5.54. The lowest BCUT2D eigenvalue weighted by atomic mass is 9.94. The van der Waals surface area contributed by atoms with Gasteiger partial charge in [-0.05, 0) is 12.5 Å². The predicted octanol–water partition coefficient (Wildman–Crippen LogP) is 1.69. The average molecular weight is 110 g/mol. The number of allylic oxidation sites excluding steroid dienone is 2. The lowest BCUT2D eigenvalue weighted by Gasteiger charge is -2.10. The minimum atomic E-state index is 0.299. The molecule has 0 aliphatic heterocycles. The molecule has 0 radical (unpaired) electrons. The van der Waals surface area contributed by atoms with Crippen LogP contribution in [-0.4, -0.2) is 5.78 Å². The van der Waals surface area contributed by atoms with E-state index in [1.54, 1.807) is 6.08 Å². The summed E-state index contributed by atoms with van der Waals surface area (Å²) in [5.41, 5.74) is 1.33. The molecule has 0 atom stereocenters. The van der Waals surface area contributed by atoms with Gasteiger partial charge in [-0.2, -0.15) is 0 Å². The zero-order valence-corrected chi connectivity index (χ0v) is 5.11. The second kappa shape index (κ2) is 2.12. The molecule has 0 aromatic heterocycles. The van der Waals surface area contributed by atoms with Gasteiger partial charge in [0.05, 0.1) is 0 Å². The molecule has 1 heteroatoms. The summed E-state index contributed by atoms with van der Waals surface area (Å²) >= 11 is 0. The van der Waals surface area contributed by atoms with Crippen LogP contribution in [0.1, 0.15) is 26.2 Å². The predicted molar refractivity (Wildman–Crippen MR) is 32.6 cm³/mol. The summed E-state index contributed by atoms with van der Waals surface area (Å²) in [7, 11) is 0. The van der Waals surface area contributed by atoms with Gasteiger partial charge in [0.1, 0.15) is 0 Å². The molecule has 0 aromatic rings. The summed E-state index contributed by atoms with van der Waals surface area (Å²) in [6.45, 7) is 2.13. The van der Waals surface area contributed by atoms with Gasteiger partial charge in [-0.3, -0.25) is 4.79 Å². The first-order chi connectivity index (χ1) is 3.83. The molecule has 0 aromatic carbocycles. The highest BCUT2D eigenvalue weighted by atomic mass is 16.1. The molecule has 8 heavy (non-hydrogen) atoms. The van der Waals surface area contributed by atoms with Gasteiger partial charge in [-0.25, -0.2) is 0 Å². The Hall–Kier alpha value is -0.590. The summed E-state index contributed by atoms with van der Waals surface area (Å²) in [6.07, 6.45) is 4.77. The summed E-state index contributed by atoms with van der Waals surface area (Å²) < 4.78 is 0. The van der Waals surface area contributed by atoms with Crippen molar-refractivity contribution in [2.45, 2.75) is 26.2 Å². The fourth-order valence-corrected chi connectivity index (χ4v) is 0.904. The van der Waals surface area contributed by atoms with Crippen molar-refractivity contribution in [3.05, 3.63) is 11.6 Å². The van der Waals surface area contributed by atoms with Crippen LogP contribution in [0.4, 0.5) is 0 Å². The van der Waals surface area contributed by atoms with Crippen LogP contribution in [0, 0.1) is 0 Å². The largest absolute Gasteiger partial charge is 0.295 e. The van der Waals surface area contributed by atoms with Gasteiger partial charge in [0.15, 0.2) is 5.78 Å². The minimum absolute atomic E-state index is 0.299. The number of hydrogen-bond acceptors (Lipinski definition) is 1. The third kappa shape index (κ3) is 0.971. The summed E-state index contributed by atoms with van der Waals surface area (Å²) in [5.74, 6) is 0.299. The smallest absolute Gasteiger partial charge is 0.159 e. The molecule has 1 nitrogen and oxygen atoms in total. The molecule has 44 valence electrons. The van der Waals surface area contributed by atoms with E-state index in [0.717, 1.165) is 12.8 Å². The van der Waals surface area contributed by atoms with E-state index in [-0.39, 0.29) is 0 Å². The van der Waals surface area contributed by atoms with Crippen LogP contribution >= 0.6 is 0 Å². The first-order valence-corrected chi connectivity index (χ1v) is 3.05. The maximum absolute atomic E-state index is 10.3. The Morgan fingerprint density at radius 1 is 1.75 bits per heavy atom. The van der Waals surface area contributed by atoms with Gasteiger partial charge in [0.2, 0.25) is 0 Å². The van der Waals surface area contributed by atoms with Gasteiger partial charge in [-0.15, -0.1) is 0 Å². The second-order valence-electron chi connectivity index (χ2n) is 2.20. The van der Waals surface area contributed by atoms with Crippen molar-refractivity contribution in [2.75, 3.05) is 0 Å². The zero-order valence-electron chi connectivity index (χ0n) is 5.11. The molecular formula is C7H10O. The average Bonchev–Trinajstić information content (AvgIpc) is 1.64. The van der Waals surface area contributed by atoms with Gasteiger partial charge in [0, 0.05) is 6.42 Å². The molecule has 0 fully saturated rings. The number of carbonyl (C=O) groups is 1. The van der Waals surface area contributed by atoms with Crippen LogP contribution in [0.2, 0.25) is 0 Å². The minimum Gasteiger partial charge on any atom is -0.295 e. The summed E-state index contributed by atoms with van der Waals surface area (Å²) in [5, 5.41) is 0. The topological polar surface area (TPSA) is 17.1 Å². The SMILES string of the molecule is CCCC1=CC(=O)C1. The van der Waals surface area contributed by atoms with E-state index in [9.17, 15) is 4.79 Å². The van der Waals surface area contributed by atoms with Crippen molar-refractivity contribution in [3.8, 4) is 0 Å². The maximum Gasteiger partial charge on any atom is 0.159 e. The quantitative estimate of drug-likeness (QED) is 0.528. The molecule has 0 bridgehead atoms. The van der Waals surface area contributed by atoms with Crippen LogP contribution in [0.25, 0.3) is 0 Å². The fraction of sp³-hybridized carbons (Fsp3) is 0.571. The highest BCUT2D eigenvalue weighted by Crippen LogP contribution is 2.18. The molecule has 0 N–H and O–H groups in total. The highest BCUT2D eigenvalue weighted by molar-refractivity contribution is 5.98. The van der Waals surface area contributed by atoms with E-state index in [4.69, 9.17) is 0 Å². The van der Waals surface area contributed by atoms with Crippen LogP contribution in [0.3, 0.4) is 0 Å². The Kier molecular flexibility index (Phi) is 1.47. The second-order valence-corrected chi connectivity index (χ2v) is 2.20. The third-order valence-electron chi connectivity index (χ3n) is 1.34. The molecule has 1 rings (SSSR count). The first-order valence-electron chi connectivity index (χ1n) is 3.05. The van der Waals surface area contributed by atoms with Gasteiger partial charge in [-0.1, -0.05) is 18.9 Å². The molecule has 0 saturated carbocycles. The third-order valence-corrected chi connectivity index (χ3v) is 1.34. The number of ketones is 1.